The molecule has 0 N–H and O–H groups in total. The third kappa shape index (κ3) is 2.71. The second-order valence-electron chi connectivity index (χ2n) is 9.88. The fourth-order valence-corrected chi connectivity index (χ4v) is 16.1. The summed E-state index contributed by atoms with van der Waals surface area (Å²) in [4.78, 5) is 0. The van der Waals surface area contributed by atoms with Crippen molar-refractivity contribution in [3.63, 3.8) is 0 Å². The summed E-state index contributed by atoms with van der Waals surface area (Å²) in [5, 5.41) is 0. The van der Waals surface area contributed by atoms with Crippen molar-refractivity contribution in [2.75, 3.05) is 0 Å². The van der Waals surface area contributed by atoms with E-state index in [1.807, 2.05) is 0 Å². The van der Waals surface area contributed by atoms with Crippen LogP contribution in [-0.2, 0) is 21.8 Å². The molecule has 151 valence electrons. The average Bonchev–Trinajstić information content (AvgIpc) is 3.30. The summed E-state index contributed by atoms with van der Waals surface area (Å²) in [6, 6.07) is 0. The zero-order chi connectivity index (χ0) is 21.2. The fraction of sp³-hybridized carbons (Fsp3) is 0.556. The van der Waals surface area contributed by atoms with E-state index in [1.165, 1.54) is 22.3 Å². The number of hydrogen-bond donors (Lipinski definition) is 0. The maximum atomic E-state index is 2.70. The Labute approximate surface area is 181 Å². The van der Waals surface area contributed by atoms with Crippen molar-refractivity contribution in [2.45, 2.75) is 81.1 Å². The normalized spacial score (nSPS) is 24.1. The van der Waals surface area contributed by atoms with Gasteiger partial charge in [-0.05, 0) is 0 Å². The number of hydrogen-bond acceptors (Lipinski definition) is 0. The molecule has 0 nitrogen and oxygen atoms in total. The first kappa shape index (κ1) is 22.0. The van der Waals surface area contributed by atoms with Gasteiger partial charge in [-0.3, -0.25) is 0 Å². The maximum absolute atomic E-state index is 2.70. The molecule has 28 heavy (non-hydrogen) atoms. The van der Waals surface area contributed by atoms with Crippen molar-refractivity contribution in [2.24, 2.45) is 10.8 Å². The third-order valence-electron chi connectivity index (χ3n) is 9.37. The SMILES string of the molecule is CC1=C(C)C(C)([CH]([Zr]([CH3])[CH]2C=CC=C2)C2(C)C(C)=C(C)C(C)=C2C)C(C)=C1C. The van der Waals surface area contributed by atoms with E-state index in [-0.39, 0.29) is 10.8 Å². The van der Waals surface area contributed by atoms with Crippen LogP contribution < -0.4 is 0 Å². The Balaban J connectivity index is 2.30. The van der Waals surface area contributed by atoms with Crippen LogP contribution >= 0.6 is 0 Å². The molecule has 0 aromatic rings. The molecule has 0 saturated carbocycles. The van der Waals surface area contributed by atoms with Crippen LogP contribution in [0.2, 0.25) is 11.9 Å². The molecule has 3 aliphatic rings. The van der Waals surface area contributed by atoms with E-state index < -0.39 is 21.8 Å². The predicted molar refractivity (Wildman–Crippen MR) is 121 cm³/mol. The fourth-order valence-electron chi connectivity index (χ4n) is 6.53. The standard InChI is InChI=1S/C21H31.C5H5.CH3.Zr/c1-12-13(2)17(6)20(9,16(12)5)11-21(10)18(7)14(3)15(4)19(21)8;1-2-4-5-3-1;;/h11H,1-10H3;1-5H;1H3;. The van der Waals surface area contributed by atoms with Gasteiger partial charge in [-0.1, -0.05) is 0 Å². The van der Waals surface area contributed by atoms with E-state index in [0.29, 0.717) is 7.25 Å². The van der Waals surface area contributed by atoms with E-state index in [9.17, 15) is 0 Å². The van der Waals surface area contributed by atoms with E-state index in [2.05, 4.69) is 98.2 Å². The molecule has 0 aliphatic heterocycles. The van der Waals surface area contributed by atoms with Gasteiger partial charge in [0.2, 0.25) is 0 Å². The molecule has 0 radical (unpaired) electrons. The molecule has 0 saturated heterocycles. The number of rotatable bonds is 4. The summed E-state index contributed by atoms with van der Waals surface area (Å²) < 4.78 is 4.12. The summed E-state index contributed by atoms with van der Waals surface area (Å²) in [5.74, 6) is 0. The van der Waals surface area contributed by atoms with Crippen molar-refractivity contribution in [3.05, 3.63) is 68.9 Å². The summed E-state index contributed by atoms with van der Waals surface area (Å²) in [6.45, 7) is 24.3. The summed E-state index contributed by atoms with van der Waals surface area (Å²) in [5.41, 5.74) is 13.0. The Morgan fingerprint density at radius 3 is 1.21 bits per heavy atom. The Morgan fingerprint density at radius 1 is 0.643 bits per heavy atom. The molecule has 0 aromatic heterocycles. The van der Waals surface area contributed by atoms with Gasteiger partial charge in [0, 0.05) is 0 Å². The molecule has 0 fully saturated rings. The first-order valence-electron chi connectivity index (χ1n) is 10.8. The van der Waals surface area contributed by atoms with E-state index in [1.54, 1.807) is 22.3 Å². The minimum absolute atomic E-state index is 0.171. The zero-order valence-electron chi connectivity index (χ0n) is 20.0. The predicted octanol–water partition coefficient (Wildman–Crippen LogP) is 8.74. The van der Waals surface area contributed by atoms with Gasteiger partial charge in [0.15, 0.2) is 0 Å². The van der Waals surface area contributed by atoms with E-state index in [4.69, 9.17) is 0 Å². The molecule has 0 amide bonds. The zero-order valence-corrected chi connectivity index (χ0v) is 22.4. The number of allylic oxidation sites excluding steroid dienone is 12. The van der Waals surface area contributed by atoms with Gasteiger partial charge in [-0.2, -0.15) is 0 Å². The molecular formula is C27H39Zr. The monoisotopic (exact) mass is 453 g/mol. The Morgan fingerprint density at radius 2 is 0.929 bits per heavy atom. The van der Waals surface area contributed by atoms with Gasteiger partial charge in [0.05, 0.1) is 0 Å². The first-order valence-corrected chi connectivity index (χ1v) is 16.1. The Bertz CT molecular complexity index is 779. The van der Waals surface area contributed by atoms with Gasteiger partial charge in [0.1, 0.15) is 0 Å². The van der Waals surface area contributed by atoms with Crippen LogP contribution in [0.5, 0.6) is 0 Å². The molecule has 0 unspecified atom stereocenters. The Hall–Kier alpha value is -0.677. The molecule has 0 bridgehead atoms. The van der Waals surface area contributed by atoms with Crippen LogP contribution in [0, 0.1) is 10.8 Å². The van der Waals surface area contributed by atoms with Gasteiger partial charge >= 0.3 is 183 Å². The van der Waals surface area contributed by atoms with Crippen LogP contribution in [-0.4, -0.2) is 0 Å². The molecule has 0 heterocycles. The van der Waals surface area contributed by atoms with Crippen molar-refractivity contribution in [1.29, 1.82) is 0 Å². The third-order valence-corrected chi connectivity index (χ3v) is 18.0. The summed E-state index contributed by atoms with van der Waals surface area (Å²) in [6.07, 6.45) is 9.55. The molecule has 1 heteroatoms. The second-order valence-corrected chi connectivity index (χ2v) is 16.6. The van der Waals surface area contributed by atoms with E-state index in [0.717, 1.165) is 0 Å². The van der Waals surface area contributed by atoms with Gasteiger partial charge in [-0.25, -0.2) is 0 Å². The summed E-state index contributed by atoms with van der Waals surface area (Å²) in [7, 11) is 0. The molecule has 0 aromatic carbocycles. The minimum atomic E-state index is -1.91. The average molecular weight is 455 g/mol. The van der Waals surface area contributed by atoms with Crippen molar-refractivity contribution in [3.8, 4) is 0 Å². The first-order chi connectivity index (χ1) is 12.9. The second kappa shape index (κ2) is 7.23. The summed E-state index contributed by atoms with van der Waals surface area (Å²) >= 11 is -1.91. The molecule has 3 aliphatic carbocycles. The molecular weight excluding hydrogens is 416 g/mol. The van der Waals surface area contributed by atoms with Gasteiger partial charge in [-0.15, -0.1) is 0 Å². The molecule has 0 atom stereocenters. The van der Waals surface area contributed by atoms with Crippen LogP contribution in [0.3, 0.4) is 0 Å². The Kier molecular flexibility index (Phi) is 5.68. The van der Waals surface area contributed by atoms with Crippen molar-refractivity contribution >= 4 is 0 Å². The topological polar surface area (TPSA) is 0 Å². The molecule has 3 rings (SSSR count). The van der Waals surface area contributed by atoms with Crippen LogP contribution in [0.1, 0.15) is 69.2 Å². The van der Waals surface area contributed by atoms with Crippen LogP contribution in [0.25, 0.3) is 0 Å². The quantitative estimate of drug-likeness (QED) is 0.398. The van der Waals surface area contributed by atoms with E-state index >= 15 is 0 Å². The van der Waals surface area contributed by atoms with Crippen molar-refractivity contribution < 1.29 is 21.8 Å². The molecule has 0 spiro atoms. The van der Waals surface area contributed by atoms with Gasteiger partial charge < -0.3 is 0 Å². The van der Waals surface area contributed by atoms with Crippen LogP contribution in [0.15, 0.2) is 68.9 Å². The van der Waals surface area contributed by atoms with Crippen molar-refractivity contribution in [1.82, 2.24) is 0 Å². The van der Waals surface area contributed by atoms with Crippen LogP contribution in [0.4, 0.5) is 0 Å². The van der Waals surface area contributed by atoms with Gasteiger partial charge in [0.25, 0.3) is 0 Å².